The predicted molar refractivity (Wildman–Crippen MR) is 120 cm³/mol. The minimum Gasteiger partial charge on any atom is -0.547 e. The summed E-state index contributed by atoms with van der Waals surface area (Å²) in [6.07, 6.45) is -1.50. The third-order valence-electron chi connectivity index (χ3n) is 4.46. The fourth-order valence-electron chi connectivity index (χ4n) is 2.66. The molecule has 0 aliphatic carbocycles. The monoisotopic (exact) mass is 528 g/mol. The van der Waals surface area contributed by atoms with E-state index in [0.717, 1.165) is 11.1 Å². The van der Waals surface area contributed by atoms with Crippen LogP contribution in [0.3, 0.4) is 0 Å². The molecule has 2 aromatic carbocycles. The zero-order chi connectivity index (χ0) is 23.9. The number of aliphatic carboxylic acids is 2. The van der Waals surface area contributed by atoms with Gasteiger partial charge in [0, 0.05) is 24.6 Å². The van der Waals surface area contributed by atoms with Gasteiger partial charge in [-0.1, -0.05) is 60.7 Å². The number of hydrogen-bond acceptors (Lipinski definition) is 8. The molecule has 0 fully saturated rings. The average molecular weight is 528 g/mol. The molecule has 0 aliphatic rings. The smallest absolute Gasteiger partial charge is 0.547 e. The minimum absolute atomic E-state index is 0. The average Bonchev–Trinajstić information content (AvgIpc) is 2.78. The van der Waals surface area contributed by atoms with Gasteiger partial charge < -0.3 is 39.1 Å². The third-order valence-corrected chi connectivity index (χ3v) is 7.76. The van der Waals surface area contributed by atoms with Crippen molar-refractivity contribution >= 4 is 27.5 Å². The Labute approximate surface area is 245 Å². The number of carbonyl (C=O) groups excluding carboxylic acids is 2. The van der Waals surface area contributed by atoms with Crippen LogP contribution in [0.25, 0.3) is 0 Å². The number of aliphatic hydroxyl groups is 2. The summed E-state index contributed by atoms with van der Waals surface area (Å²) in [7, 11) is -4.10. The van der Waals surface area contributed by atoms with E-state index in [1.165, 1.54) is 0 Å². The first-order valence-corrected chi connectivity index (χ1v) is 13.7. The SMILES string of the molecule is O=C([O-])C(O)C[PH](=O)CCc1ccccc1.O=C([O-])C(O)C[PH](=O)CCc1ccccc1.[Na+].[Na+]. The van der Waals surface area contributed by atoms with Gasteiger partial charge in [0.2, 0.25) is 0 Å². The number of hydrogen-bond donors (Lipinski definition) is 2. The fourth-order valence-corrected chi connectivity index (χ4v) is 5.40. The second-order valence-corrected chi connectivity index (χ2v) is 11.1. The summed E-state index contributed by atoms with van der Waals surface area (Å²) in [6.45, 7) is 0. The van der Waals surface area contributed by atoms with Crippen molar-refractivity contribution in [2.75, 3.05) is 24.6 Å². The van der Waals surface area contributed by atoms with Crippen LogP contribution in [0.15, 0.2) is 60.7 Å². The first-order valence-electron chi connectivity index (χ1n) is 10.1. The summed E-state index contributed by atoms with van der Waals surface area (Å²) in [6, 6.07) is 19.0. The van der Waals surface area contributed by atoms with Gasteiger partial charge in [-0.15, -0.1) is 0 Å². The van der Waals surface area contributed by atoms with Crippen molar-refractivity contribution in [3.05, 3.63) is 71.8 Å². The van der Waals surface area contributed by atoms with Crippen molar-refractivity contribution in [3.8, 4) is 0 Å². The predicted octanol–water partition coefficient (Wildman–Crippen LogP) is -6.19. The second-order valence-electron chi connectivity index (χ2n) is 7.13. The summed E-state index contributed by atoms with van der Waals surface area (Å²) >= 11 is 0. The molecule has 2 N–H and O–H groups in total. The van der Waals surface area contributed by atoms with Gasteiger partial charge in [-0.2, -0.15) is 0 Å². The molecule has 176 valence electrons. The first-order chi connectivity index (χ1) is 15.2. The van der Waals surface area contributed by atoms with Crippen LogP contribution in [0.4, 0.5) is 0 Å². The third kappa shape index (κ3) is 17.2. The van der Waals surface area contributed by atoms with Crippen LogP contribution < -0.4 is 69.3 Å². The van der Waals surface area contributed by atoms with Crippen LogP contribution in [-0.4, -0.2) is 59.0 Å². The maximum Gasteiger partial charge on any atom is 1.00 e. The topological polar surface area (TPSA) is 155 Å². The zero-order valence-corrected chi connectivity index (χ0v) is 25.5. The van der Waals surface area contributed by atoms with E-state index in [0.29, 0.717) is 25.2 Å². The molecule has 0 aromatic heterocycles. The van der Waals surface area contributed by atoms with E-state index in [9.17, 15) is 28.9 Å². The Bertz CT molecular complexity index is 811. The van der Waals surface area contributed by atoms with Crippen molar-refractivity contribution in [2.24, 2.45) is 0 Å². The van der Waals surface area contributed by atoms with Crippen LogP contribution in [0.1, 0.15) is 11.1 Å². The van der Waals surface area contributed by atoms with E-state index in [2.05, 4.69) is 0 Å². The molecule has 0 spiro atoms. The Hall–Kier alpha value is -0.240. The molecule has 2 rings (SSSR count). The molecule has 0 radical (unpaired) electrons. The standard InChI is InChI=1S/2C11H15O4P.2Na/c2*12-10(11(13)14)8-16(15)7-6-9-4-2-1-3-5-9;;/h2*1-5,10,12,16H,6-8H2,(H,13,14);;/q;;2*+1/p-2. The van der Waals surface area contributed by atoms with E-state index >= 15 is 0 Å². The molecule has 0 saturated heterocycles. The second kappa shape index (κ2) is 20.9. The van der Waals surface area contributed by atoms with Crippen molar-refractivity contribution in [3.63, 3.8) is 0 Å². The molecule has 12 heteroatoms. The van der Waals surface area contributed by atoms with Gasteiger partial charge in [-0.3, -0.25) is 0 Å². The Morgan fingerprint density at radius 1 is 0.676 bits per heavy atom. The van der Waals surface area contributed by atoms with Crippen molar-refractivity contribution in [1.82, 2.24) is 0 Å². The number of aliphatic hydroxyl groups excluding tert-OH is 2. The van der Waals surface area contributed by atoms with Gasteiger partial charge >= 0.3 is 59.1 Å². The molecule has 0 heterocycles. The molecule has 0 amide bonds. The zero-order valence-electron chi connectivity index (χ0n) is 19.5. The normalized spacial score (nSPS) is 13.5. The molecule has 4 unspecified atom stereocenters. The summed E-state index contributed by atoms with van der Waals surface area (Å²) in [5.74, 6) is -3.11. The van der Waals surface area contributed by atoms with Crippen molar-refractivity contribution < 1.29 is 98.3 Å². The maximum absolute atomic E-state index is 11.5. The first kappa shape index (κ1) is 35.9. The number of benzene rings is 2. The van der Waals surface area contributed by atoms with Crippen LogP contribution in [0.5, 0.6) is 0 Å². The minimum atomic E-state index is -2.05. The molecule has 4 atom stereocenters. The fraction of sp³-hybridized carbons (Fsp3) is 0.364. The Morgan fingerprint density at radius 3 is 1.24 bits per heavy atom. The molecule has 0 bridgehead atoms. The molecule has 0 saturated carbocycles. The molecule has 34 heavy (non-hydrogen) atoms. The van der Waals surface area contributed by atoms with Crippen LogP contribution in [0.2, 0.25) is 0 Å². The quantitative estimate of drug-likeness (QED) is 0.204. The Kier molecular flexibility index (Phi) is 22.1. The van der Waals surface area contributed by atoms with Gasteiger partial charge in [-0.25, -0.2) is 0 Å². The number of carboxylic acid groups (broad SMARTS) is 2. The van der Waals surface area contributed by atoms with Gasteiger partial charge in [0.15, 0.2) is 0 Å². The summed E-state index contributed by atoms with van der Waals surface area (Å²) in [5.41, 5.74) is 2.12. The molecule has 8 nitrogen and oxygen atoms in total. The van der Waals surface area contributed by atoms with Gasteiger partial charge in [0.25, 0.3) is 0 Å². The summed E-state index contributed by atoms with van der Waals surface area (Å²) in [4.78, 5) is 20.5. The molecule has 2 aromatic rings. The van der Waals surface area contributed by atoms with Crippen LogP contribution in [-0.2, 0) is 31.6 Å². The van der Waals surface area contributed by atoms with Crippen LogP contribution in [0, 0.1) is 0 Å². The van der Waals surface area contributed by atoms with E-state index < -0.39 is 39.7 Å². The van der Waals surface area contributed by atoms with Gasteiger partial charge in [-0.05, 0) is 24.0 Å². The van der Waals surface area contributed by atoms with Crippen LogP contribution >= 0.6 is 15.6 Å². The summed E-state index contributed by atoms with van der Waals surface area (Å²) < 4.78 is 22.9. The van der Waals surface area contributed by atoms with Crippen molar-refractivity contribution in [2.45, 2.75) is 25.0 Å². The largest absolute Gasteiger partial charge is 1.00 e. The number of carbonyl (C=O) groups is 2. The van der Waals surface area contributed by atoms with Gasteiger partial charge in [0.1, 0.15) is 0 Å². The number of rotatable bonds is 12. The van der Waals surface area contributed by atoms with E-state index in [1.54, 1.807) is 0 Å². The van der Waals surface area contributed by atoms with Crippen molar-refractivity contribution in [1.29, 1.82) is 0 Å². The summed E-state index contributed by atoms with van der Waals surface area (Å²) in [5, 5.41) is 38.4. The number of aryl methyl sites for hydroxylation is 2. The Morgan fingerprint density at radius 2 is 0.971 bits per heavy atom. The molecule has 0 aliphatic heterocycles. The molecular weight excluding hydrogens is 500 g/mol. The van der Waals surface area contributed by atoms with E-state index in [4.69, 9.17) is 10.2 Å². The number of carboxylic acids is 2. The Balaban J connectivity index is 0. The molecular formula is C22H28Na2O8P2. The maximum atomic E-state index is 11.5. The van der Waals surface area contributed by atoms with Gasteiger partial charge in [0.05, 0.1) is 39.7 Å². The van der Waals surface area contributed by atoms with E-state index in [1.807, 2.05) is 60.7 Å². The van der Waals surface area contributed by atoms with E-state index in [-0.39, 0.29) is 71.4 Å².